The standard InChI is InChI=1S/C27H31Cl2NO7/c1-15(2)27(5,6)37-26(35)22(31)13-24(32)30(14-17-7-10-20(28)21(29)11-17)18-8-9-19(25(33)34)23(12-18)36-16(3)4/h7-12,15-16H,13-14H2,1-6H3,(H,33,34). The van der Waals surface area contributed by atoms with Crippen LogP contribution in [0.25, 0.3) is 0 Å². The van der Waals surface area contributed by atoms with Crippen molar-refractivity contribution in [3.8, 4) is 5.75 Å². The number of carbonyl (C=O) groups is 4. The van der Waals surface area contributed by atoms with Crippen molar-refractivity contribution >= 4 is 52.5 Å². The molecule has 0 saturated heterocycles. The van der Waals surface area contributed by atoms with Gasteiger partial charge in [-0.3, -0.25) is 9.59 Å². The van der Waals surface area contributed by atoms with Crippen LogP contribution in [0.4, 0.5) is 5.69 Å². The lowest BCUT2D eigenvalue weighted by molar-refractivity contribution is -0.167. The van der Waals surface area contributed by atoms with E-state index >= 15 is 0 Å². The van der Waals surface area contributed by atoms with Gasteiger partial charge in [-0.05, 0) is 63.4 Å². The number of halogens is 2. The second-order valence-corrected chi connectivity index (χ2v) is 10.4. The topological polar surface area (TPSA) is 110 Å². The Bertz CT molecular complexity index is 1190. The average molecular weight is 552 g/mol. The Balaban J connectivity index is 2.44. The van der Waals surface area contributed by atoms with Gasteiger partial charge in [-0.15, -0.1) is 0 Å². The van der Waals surface area contributed by atoms with Gasteiger partial charge in [0.05, 0.1) is 29.1 Å². The molecule has 0 aliphatic carbocycles. The first kappa shape index (κ1) is 30.1. The average Bonchev–Trinajstić information content (AvgIpc) is 2.78. The number of ketones is 1. The lowest BCUT2D eigenvalue weighted by Crippen LogP contribution is -2.38. The number of benzene rings is 2. The van der Waals surface area contributed by atoms with Crippen LogP contribution in [-0.4, -0.2) is 40.4 Å². The summed E-state index contributed by atoms with van der Waals surface area (Å²) in [6.07, 6.45) is -1.09. The molecule has 0 spiro atoms. The zero-order valence-corrected chi connectivity index (χ0v) is 23.1. The van der Waals surface area contributed by atoms with Gasteiger partial charge in [-0.1, -0.05) is 43.1 Å². The molecular formula is C27H31Cl2NO7. The zero-order chi connectivity index (χ0) is 28.1. The molecule has 0 heterocycles. The van der Waals surface area contributed by atoms with Crippen molar-refractivity contribution in [2.45, 2.75) is 66.2 Å². The van der Waals surface area contributed by atoms with Crippen molar-refractivity contribution in [1.29, 1.82) is 0 Å². The maximum Gasteiger partial charge on any atom is 0.375 e. The fraction of sp³-hybridized carbons (Fsp3) is 0.407. The number of amides is 1. The second-order valence-electron chi connectivity index (χ2n) is 9.63. The van der Waals surface area contributed by atoms with Crippen LogP contribution in [-0.2, 0) is 25.7 Å². The van der Waals surface area contributed by atoms with Gasteiger partial charge in [0.2, 0.25) is 11.7 Å². The number of esters is 1. The Labute approximate surface area is 226 Å². The van der Waals surface area contributed by atoms with Crippen LogP contribution in [0.15, 0.2) is 36.4 Å². The number of rotatable bonds is 11. The van der Waals surface area contributed by atoms with Crippen molar-refractivity contribution in [2.24, 2.45) is 5.92 Å². The van der Waals surface area contributed by atoms with Gasteiger partial charge in [0.25, 0.3) is 0 Å². The first-order valence-electron chi connectivity index (χ1n) is 11.7. The van der Waals surface area contributed by atoms with E-state index in [4.69, 9.17) is 32.7 Å². The molecule has 1 N–H and O–H groups in total. The highest BCUT2D eigenvalue weighted by Crippen LogP contribution is 2.30. The van der Waals surface area contributed by atoms with Crippen LogP contribution in [0, 0.1) is 5.92 Å². The number of aromatic carboxylic acids is 1. The predicted molar refractivity (Wildman–Crippen MR) is 141 cm³/mol. The monoisotopic (exact) mass is 551 g/mol. The Morgan fingerprint density at radius 3 is 2.16 bits per heavy atom. The molecule has 0 saturated carbocycles. The minimum absolute atomic E-state index is 0.0386. The number of hydrogen-bond acceptors (Lipinski definition) is 6. The maximum absolute atomic E-state index is 13.3. The van der Waals surface area contributed by atoms with E-state index < -0.39 is 35.7 Å². The van der Waals surface area contributed by atoms with Crippen molar-refractivity contribution in [3.05, 3.63) is 57.6 Å². The third-order valence-corrected chi connectivity index (χ3v) is 6.52. The molecule has 0 radical (unpaired) electrons. The summed E-state index contributed by atoms with van der Waals surface area (Å²) in [5.74, 6) is -4.01. The van der Waals surface area contributed by atoms with E-state index in [0.29, 0.717) is 10.6 Å². The molecule has 2 aromatic rings. The minimum Gasteiger partial charge on any atom is -0.490 e. The maximum atomic E-state index is 13.3. The van der Waals surface area contributed by atoms with E-state index in [1.807, 2.05) is 13.8 Å². The number of Topliss-reactive ketones (excluding diaryl/α,β-unsaturated/α-hetero) is 1. The van der Waals surface area contributed by atoms with Crippen molar-refractivity contribution in [3.63, 3.8) is 0 Å². The largest absolute Gasteiger partial charge is 0.490 e. The number of carbonyl (C=O) groups excluding carboxylic acids is 3. The molecule has 0 aliphatic heterocycles. The summed E-state index contributed by atoms with van der Waals surface area (Å²) in [4.78, 5) is 51.3. The van der Waals surface area contributed by atoms with Crippen molar-refractivity contribution in [2.75, 3.05) is 4.90 Å². The molecule has 37 heavy (non-hydrogen) atoms. The Hall–Kier alpha value is -3.10. The molecule has 0 aliphatic rings. The molecule has 0 bridgehead atoms. The van der Waals surface area contributed by atoms with E-state index in [1.54, 1.807) is 45.9 Å². The van der Waals surface area contributed by atoms with Crippen LogP contribution in [0.3, 0.4) is 0 Å². The molecular weight excluding hydrogens is 521 g/mol. The van der Waals surface area contributed by atoms with Crippen molar-refractivity contribution in [1.82, 2.24) is 0 Å². The molecule has 10 heteroatoms. The van der Waals surface area contributed by atoms with Gasteiger partial charge in [-0.25, -0.2) is 9.59 Å². The molecule has 2 aromatic carbocycles. The van der Waals surface area contributed by atoms with Crippen LogP contribution >= 0.6 is 23.2 Å². The predicted octanol–water partition coefficient (Wildman–Crippen LogP) is 5.95. The molecule has 1 amide bonds. The van der Waals surface area contributed by atoms with E-state index in [2.05, 4.69) is 0 Å². The number of carboxylic acid groups (broad SMARTS) is 1. The zero-order valence-electron chi connectivity index (χ0n) is 21.6. The quantitative estimate of drug-likeness (QED) is 0.208. The normalized spacial score (nSPS) is 11.4. The summed E-state index contributed by atoms with van der Waals surface area (Å²) in [5.41, 5.74) is -0.131. The lowest BCUT2D eigenvalue weighted by Gasteiger charge is -2.29. The Morgan fingerprint density at radius 2 is 1.62 bits per heavy atom. The summed E-state index contributed by atoms with van der Waals surface area (Å²) in [7, 11) is 0. The van der Waals surface area contributed by atoms with Crippen LogP contribution in [0.1, 0.15) is 63.9 Å². The first-order valence-corrected chi connectivity index (χ1v) is 12.4. The van der Waals surface area contributed by atoms with E-state index in [1.165, 1.54) is 23.1 Å². The van der Waals surface area contributed by atoms with Gasteiger partial charge in [-0.2, -0.15) is 0 Å². The number of ether oxygens (including phenoxy) is 2. The number of carboxylic acids is 1. The molecule has 0 fully saturated rings. The molecule has 0 atom stereocenters. The van der Waals surface area contributed by atoms with Crippen LogP contribution < -0.4 is 9.64 Å². The van der Waals surface area contributed by atoms with Crippen LogP contribution in [0.2, 0.25) is 10.0 Å². The Morgan fingerprint density at radius 1 is 0.973 bits per heavy atom. The molecule has 8 nitrogen and oxygen atoms in total. The third-order valence-electron chi connectivity index (χ3n) is 5.78. The Kier molecular flexibility index (Phi) is 10.1. The fourth-order valence-electron chi connectivity index (χ4n) is 3.07. The summed E-state index contributed by atoms with van der Waals surface area (Å²) in [6.45, 7) is 10.5. The van der Waals surface area contributed by atoms with Gasteiger partial charge in [0.1, 0.15) is 16.9 Å². The second kappa shape index (κ2) is 12.4. The lowest BCUT2D eigenvalue weighted by atomic mass is 9.94. The summed E-state index contributed by atoms with van der Waals surface area (Å²) >= 11 is 12.1. The number of hydrogen-bond donors (Lipinski definition) is 1. The third kappa shape index (κ3) is 8.20. The van der Waals surface area contributed by atoms with Crippen LogP contribution in [0.5, 0.6) is 5.75 Å². The van der Waals surface area contributed by atoms with E-state index in [0.717, 1.165) is 0 Å². The SMILES string of the molecule is CC(C)Oc1cc(N(Cc2ccc(Cl)c(Cl)c2)C(=O)CC(=O)C(=O)OC(C)(C)C(C)C)ccc1C(=O)O. The van der Waals surface area contributed by atoms with Gasteiger partial charge < -0.3 is 19.5 Å². The summed E-state index contributed by atoms with van der Waals surface area (Å²) < 4.78 is 11.0. The molecule has 200 valence electrons. The first-order chi connectivity index (χ1) is 17.1. The van der Waals surface area contributed by atoms with E-state index in [-0.39, 0.29) is 40.6 Å². The minimum atomic E-state index is -1.20. The molecule has 0 aromatic heterocycles. The highest BCUT2D eigenvalue weighted by Gasteiger charge is 2.32. The number of anilines is 1. The van der Waals surface area contributed by atoms with E-state index in [9.17, 15) is 24.3 Å². The van der Waals surface area contributed by atoms with Crippen molar-refractivity contribution < 1.29 is 33.8 Å². The smallest absolute Gasteiger partial charge is 0.375 e. The fourth-order valence-corrected chi connectivity index (χ4v) is 3.39. The summed E-state index contributed by atoms with van der Waals surface area (Å²) in [5, 5.41) is 10.1. The van der Waals surface area contributed by atoms with Gasteiger partial charge in [0.15, 0.2) is 0 Å². The highest BCUT2D eigenvalue weighted by molar-refractivity contribution is 6.42. The molecule has 2 rings (SSSR count). The number of nitrogens with zero attached hydrogens (tertiary/aromatic N) is 1. The summed E-state index contributed by atoms with van der Waals surface area (Å²) in [6, 6.07) is 8.95. The molecule has 0 unspecified atom stereocenters. The van der Waals surface area contributed by atoms with Gasteiger partial charge in [0, 0.05) is 11.8 Å². The van der Waals surface area contributed by atoms with Gasteiger partial charge >= 0.3 is 11.9 Å². The highest BCUT2D eigenvalue weighted by atomic mass is 35.5.